The van der Waals surface area contributed by atoms with Crippen LogP contribution in [-0.2, 0) is 16.0 Å². The summed E-state index contributed by atoms with van der Waals surface area (Å²) in [5.74, 6) is -0.0321. The molecule has 1 aliphatic heterocycles. The number of amides is 1. The molecular weight excluding hydrogens is 284 g/mol. The Morgan fingerprint density at radius 3 is 2.29 bits per heavy atom. The molecule has 0 aliphatic carbocycles. The summed E-state index contributed by atoms with van der Waals surface area (Å²) in [6.07, 6.45) is 0.0883. The quantitative estimate of drug-likeness (QED) is 0.756. The number of carbonyl (C=O) groups excluding carboxylic acids is 1. The second kappa shape index (κ2) is 6.89. The number of likely N-dealkylation sites (N-methyl/N-ethyl adjacent to an activating group) is 1. The van der Waals surface area contributed by atoms with E-state index in [1.165, 1.54) is 10.6 Å². The lowest BCUT2D eigenvalue weighted by molar-refractivity contribution is -0.129. The lowest BCUT2D eigenvalue weighted by Gasteiger charge is -2.21. The van der Waals surface area contributed by atoms with E-state index in [1.54, 1.807) is 0 Å². The number of anilines is 1. The summed E-state index contributed by atoms with van der Waals surface area (Å²) in [7, 11) is 0. The number of carbonyl (C=O) groups is 1. The topological polar surface area (TPSA) is 32.8 Å². The monoisotopic (exact) mass is 306 g/mol. The zero-order valence-electron chi connectivity index (χ0n) is 12.8. The van der Waals surface area contributed by atoms with Gasteiger partial charge in [0.15, 0.2) is 6.10 Å². The lowest BCUT2D eigenvalue weighted by atomic mass is 10.1. The van der Waals surface area contributed by atoms with Gasteiger partial charge in [0.1, 0.15) is 0 Å². The zero-order chi connectivity index (χ0) is 15.4. The Kier molecular flexibility index (Phi) is 5.17. The summed E-state index contributed by atoms with van der Waals surface area (Å²) in [4.78, 5) is 15.9. The molecule has 0 aromatic heterocycles. The highest BCUT2D eigenvalue weighted by Gasteiger charge is 2.36. The smallest absolute Gasteiger partial charge is 0.271 e. The Morgan fingerprint density at radius 2 is 1.81 bits per heavy atom. The van der Waals surface area contributed by atoms with E-state index in [0.29, 0.717) is 18.1 Å². The molecule has 1 atom stereocenters. The minimum Gasteiger partial charge on any atom is -0.457 e. The molecule has 1 heterocycles. The third-order valence-corrected chi connectivity index (χ3v) is 4.12. The molecule has 0 spiro atoms. The number of thiocarbonyl (C=S) groups is 1. The van der Waals surface area contributed by atoms with Crippen molar-refractivity contribution in [1.82, 2.24) is 4.90 Å². The molecule has 1 aliphatic rings. The molecule has 21 heavy (non-hydrogen) atoms. The second-order valence-corrected chi connectivity index (χ2v) is 5.35. The van der Waals surface area contributed by atoms with Gasteiger partial charge in [-0.15, -0.1) is 0 Å². The van der Waals surface area contributed by atoms with Crippen molar-refractivity contribution in [2.45, 2.75) is 33.3 Å². The first kappa shape index (κ1) is 15.8. The number of rotatable bonds is 6. The largest absolute Gasteiger partial charge is 0.457 e. The van der Waals surface area contributed by atoms with Crippen molar-refractivity contribution in [2.24, 2.45) is 0 Å². The first-order valence-electron chi connectivity index (χ1n) is 7.46. The van der Waals surface area contributed by atoms with E-state index in [-0.39, 0.29) is 5.91 Å². The van der Waals surface area contributed by atoms with Crippen LogP contribution in [0.1, 0.15) is 26.3 Å². The fourth-order valence-corrected chi connectivity index (χ4v) is 2.89. The van der Waals surface area contributed by atoms with Crippen LogP contribution in [0.15, 0.2) is 24.3 Å². The summed E-state index contributed by atoms with van der Waals surface area (Å²) in [5, 5.41) is 0.298. The molecule has 0 radical (unpaired) electrons. The number of nitrogens with zero attached hydrogens (tertiary/aromatic N) is 2. The van der Waals surface area contributed by atoms with Gasteiger partial charge in [0, 0.05) is 31.7 Å². The van der Waals surface area contributed by atoms with Crippen LogP contribution < -0.4 is 4.90 Å². The lowest BCUT2D eigenvalue weighted by Crippen LogP contribution is -2.31. The van der Waals surface area contributed by atoms with Gasteiger partial charge in [-0.25, -0.2) is 0 Å². The molecule has 1 unspecified atom stereocenters. The summed E-state index contributed by atoms with van der Waals surface area (Å²) in [6.45, 7) is 8.72. The normalized spacial score (nSPS) is 18.0. The molecule has 1 aromatic carbocycles. The van der Waals surface area contributed by atoms with Gasteiger partial charge in [-0.3, -0.25) is 9.69 Å². The summed E-state index contributed by atoms with van der Waals surface area (Å²) < 4.78 is 5.50. The predicted octanol–water partition coefficient (Wildman–Crippen LogP) is 2.61. The van der Waals surface area contributed by atoms with Gasteiger partial charge in [-0.2, -0.15) is 0 Å². The number of ether oxygens (including phenoxy) is 1. The van der Waals surface area contributed by atoms with Crippen molar-refractivity contribution in [3.05, 3.63) is 29.8 Å². The molecule has 1 aromatic rings. The molecule has 1 saturated heterocycles. The highest BCUT2D eigenvalue weighted by molar-refractivity contribution is 7.80. The van der Waals surface area contributed by atoms with Crippen molar-refractivity contribution < 1.29 is 9.53 Å². The molecule has 0 N–H and O–H groups in total. The van der Waals surface area contributed by atoms with E-state index < -0.39 is 6.10 Å². The fourth-order valence-electron chi connectivity index (χ4n) is 2.56. The Balaban J connectivity index is 2.04. The van der Waals surface area contributed by atoms with E-state index in [9.17, 15) is 4.79 Å². The Morgan fingerprint density at radius 1 is 1.19 bits per heavy atom. The van der Waals surface area contributed by atoms with Crippen LogP contribution in [0, 0.1) is 0 Å². The van der Waals surface area contributed by atoms with E-state index in [2.05, 4.69) is 43.0 Å². The molecule has 4 nitrogen and oxygen atoms in total. The minimum atomic E-state index is -0.475. The summed E-state index contributed by atoms with van der Waals surface area (Å²) >= 11 is 5.07. The van der Waals surface area contributed by atoms with Crippen LogP contribution in [0.3, 0.4) is 0 Å². The zero-order valence-corrected chi connectivity index (χ0v) is 13.7. The molecule has 5 heteroatoms. The molecular formula is C16H22N2O2S. The van der Waals surface area contributed by atoms with Gasteiger partial charge in [0.25, 0.3) is 11.1 Å². The van der Waals surface area contributed by atoms with E-state index in [4.69, 9.17) is 17.0 Å². The maximum Gasteiger partial charge on any atom is 0.271 e. The van der Waals surface area contributed by atoms with Crippen LogP contribution in [0.2, 0.25) is 0 Å². The average Bonchev–Trinajstić information content (AvgIpc) is 2.76. The molecule has 0 bridgehead atoms. The standard InChI is InChI=1S/C16H22N2O2S/c1-4-17(5-2)13-9-7-12(8-10-13)11-14-15(19)18(6-3)16(21)20-14/h7-10,14H,4-6,11H2,1-3H3. The van der Waals surface area contributed by atoms with Crippen LogP contribution in [0.4, 0.5) is 5.69 Å². The number of hydrogen-bond acceptors (Lipinski definition) is 4. The Hall–Kier alpha value is -1.62. The van der Waals surface area contributed by atoms with Crippen molar-refractivity contribution in [1.29, 1.82) is 0 Å². The maximum atomic E-state index is 12.1. The summed E-state index contributed by atoms with van der Waals surface area (Å²) in [6, 6.07) is 8.30. The summed E-state index contributed by atoms with van der Waals surface area (Å²) in [5.41, 5.74) is 2.29. The fraction of sp³-hybridized carbons (Fsp3) is 0.500. The van der Waals surface area contributed by atoms with Crippen LogP contribution >= 0.6 is 12.2 Å². The minimum absolute atomic E-state index is 0.0321. The van der Waals surface area contributed by atoms with Gasteiger partial charge in [0.05, 0.1) is 0 Å². The van der Waals surface area contributed by atoms with Gasteiger partial charge >= 0.3 is 0 Å². The molecule has 114 valence electrons. The van der Waals surface area contributed by atoms with Gasteiger partial charge in [0.2, 0.25) is 0 Å². The first-order chi connectivity index (χ1) is 10.1. The van der Waals surface area contributed by atoms with E-state index >= 15 is 0 Å². The second-order valence-electron chi connectivity index (χ2n) is 5.00. The molecule has 2 rings (SSSR count). The van der Waals surface area contributed by atoms with Crippen molar-refractivity contribution >= 4 is 29.0 Å². The predicted molar refractivity (Wildman–Crippen MR) is 88.6 cm³/mol. The Labute approximate surface area is 131 Å². The van der Waals surface area contributed by atoms with Crippen molar-refractivity contribution in [2.75, 3.05) is 24.5 Å². The van der Waals surface area contributed by atoms with Gasteiger partial charge in [-0.05, 0) is 50.7 Å². The molecule has 1 fully saturated rings. The number of hydrogen-bond donors (Lipinski definition) is 0. The molecule has 1 amide bonds. The first-order valence-corrected chi connectivity index (χ1v) is 7.87. The van der Waals surface area contributed by atoms with E-state index in [0.717, 1.165) is 18.7 Å². The van der Waals surface area contributed by atoms with Crippen molar-refractivity contribution in [3.63, 3.8) is 0 Å². The SMILES string of the molecule is CCN1C(=O)C(Cc2ccc(N(CC)CC)cc2)OC1=S. The highest BCUT2D eigenvalue weighted by atomic mass is 32.1. The Bertz CT molecular complexity index is 512. The van der Waals surface area contributed by atoms with Gasteiger partial charge in [-0.1, -0.05) is 12.1 Å². The van der Waals surface area contributed by atoms with Crippen LogP contribution in [0.25, 0.3) is 0 Å². The average molecular weight is 306 g/mol. The number of benzene rings is 1. The third-order valence-electron chi connectivity index (χ3n) is 3.81. The van der Waals surface area contributed by atoms with Gasteiger partial charge < -0.3 is 9.64 Å². The van der Waals surface area contributed by atoms with Crippen LogP contribution in [-0.4, -0.2) is 41.7 Å². The molecule has 0 saturated carbocycles. The maximum absolute atomic E-state index is 12.1. The van der Waals surface area contributed by atoms with Crippen LogP contribution in [0.5, 0.6) is 0 Å². The van der Waals surface area contributed by atoms with E-state index in [1.807, 2.05) is 6.92 Å². The van der Waals surface area contributed by atoms with Crippen molar-refractivity contribution in [3.8, 4) is 0 Å². The highest BCUT2D eigenvalue weighted by Crippen LogP contribution is 2.20. The third kappa shape index (κ3) is 3.35.